The topological polar surface area (TPSA) is 46.1 Å². The summed E-state index contributed by atoms with van der Waals surface area (Å²) in [6.07, 6.45) is 3.82. The van der Waals surface area contributed by atoms with E-state index in [2.05, 4.69) is 16.9 Å². The zero-order valence-corrected chi connectivity index (χ0v) is 13.9. The fourth-order valence-corrected chi connectivity index (χ4v) is 4.35. The largest absolute Gasteiger partial charge is 0.342 e. The van der Waals surface area contributed by atoms with E-state index in [1.165, 1.54) is 0 Å². The third-order valence-electron chi connectivity index (χ3n) is 3.96. The van der Waals surface area contributed by atoms with Gasteiger partial charge in [0, 0.05) is 18.5 Å². The van der Waals surface area contributed by atoms with Crippen LogP contribution in [0.15, 0.2) is 22.8 Å². The fourth-order valence-electron chi connectivity index (χ4n) is 2.57. The molecule has 3 rings (SSSR count). The Morgan fingerprint density at radius 1 is 1.43 bits per heavy atom. The highest BCUT2D eigenvalue weighted by molar-refractivity contribution is 8.00. The standard InChI is InChI=1S/C15H19N3OS2/c1-10-3-6-18(7-4-10)15(19)11(2)21-14-12-5-8-20-13(12)16-9-17-14/h5,8-11H,3-4,6-7H2,1-2H3. The number of carbonyl (C=O) groups is 1. The van der Waals surface area contributed by atoms with Crippen LogP contribution in [0.2, 0.25) is 0 Å². The van der Waals surface area contributed by atoms with E-state index in [4.69, 9.17) is 0 Å². The number of aromatic nitrogens is 2. The first kappa shape index (κ1) is 14.8. The molecule has 0 saturated carbocycles. The monoisotopic (exact) mass is 321 g/mol. The predicted octanol–water partition coefficient (Wildman–Crippen LogP) is 3.43. The quantitative estimate of drug-likeness (QED) is 0.642. The number of nitrogens with zero attached hydrogens (tertiary/aromatic N) is 3. The van der Waals surface area contributed by atoms with Crippen molar-refractivity contribution in [1.29, 1.82) is 0 Å². The van der Waals surface area contributed by atoms with Gasteiger partial charge in [0.05, 0.1) is 5.25 Å². The normalized spacial score (nSPS) is 18.1. The maximum atomic E-state index is 12.5. The van der Waals surface area contributed by atoms with Gasteiger partial charge in [-0.25, -0.2) is 9.97 Å². The van der Waals surface area contributed by atoms with Gasteiger partial charge in [-0.2, -0.15) is 0 Å². The number of rotatable bonds is 3. The Bertz CT molecular complexity index is 635. The lowest BCUT2D eigenvalue weighted by atomic mass is 9.99. The van der Waals surface area contributed by atoms with Crippen molar-refractivity contribution in [3.8, 4) is 0 Å². The summed E-state index contributed by atoms with van der Waals surface area (Å²) >= 11 is 3.15. The number of thiophene rings is 1. The van der Waals surface area contributed by atoms with Gasteiger partial charge < -0.3 is 4.90 Å². The first-order chi connectivity index (χ1) is 10.1. The number of hydrogen-bond acceptors (Lipinski definition) is 5. The van der Waals surface area contributed by atoms with Crippen molar-refractivity contribution in [2.24, 2.45) is 5.92 Å². The fraction of sp³-hybridized carbons (Fsp3) is 0.533. The van der Waals surface area contributed by atoms with Crippen LogP contribution in [-0.4, -0.2) is 39.1 Å². The van der Waals surface area contributed by atoms with Crippen LogP contribution in [0.3, 0.4) is 0 Å². The first-order valence-electron chi connectivity index (χ1n) is 7.29. The molecule has 2 aromatic heterocycles. The SMILES string of the molecule is CC1CCN(C(=O)C(C)Sc2ncnc3sccc23)CC1. The predicted molar refractivity (Wildman–Crippen MR) is 87.7 cm³/mol. The summed E-state index contributed by atoms with van der Waals surface area (Å²) in [6.45, 7) is 6.02. The van der Waals surface area contributed by atoms with Crippen LogP contribution < -0.4 is 0 Å². The van der Waals surface area contributed by atoms with Crippen molar-refractivity contribution in [2.75, 3.05) is 13.1 Å². The Balaban J connectivity index is 1.69. The number of hydrogen-bond donors (Lipinski definition) is 0. The Labute approximate surface area is 133 Å². The highest BCUT2D eigenvalue weighted by Gasteiger charge is 2.25. The molecule has 1 fully saturated rings. The van der Waals surface area contributed by atoms with Crippen LogP contribution in [0, 0.1) is 5.92 Å². The van der Waals surface area contributed by atoms with E-state index in [1.54, 1.807) is 29.4 Å². The summed E-state index contributed by atoms with van der Waals surface area (Å²) in [4.78, 5) is 24.1. The Morgan fingerprint density at radius 3 is 2.95 bits per heavy atom. The van der Waals surface area contributed by atoms with E-state index in [-0.39, 0.29) is 11.2 Å². The Kier molecular flexibility index (Phi) is 4.45. The van der Waals surface area contributed by atoms with Gasteiger partial charge >= 0.3 is 0 Å². The highest BCUT2D eigenvalue weighted by Crippen LogP contribution is 2.31. The molecule has 4 nitrogen and oxygen atoms in total. The minimum atomic E-state index is -0.101. The van der Waals surface area contributed by atoms with E-state index in [9.17, 15) is 4.79 Å². The van der Waals surface area contributed by atoms with Crippen molar-refractivity contribution in [3.63, 3.8) is 0 Å². The lowest BCUT2D eigenvalue weighted by Crippen LogP contribution is -2.41. The lowest BCUT2D eigenvalue weighted by Gasteiger charge is -2.32. The van der Waals surface area contributed by atoms with Gasteiger partial charge in [-0.05, 0) is 37.1 Å². The summed E-state index contributed by atoms with van der Waals surface area (Å²) in [5, 5.41) is 3.88. The summed E-state index contributed by atoms with van der Waals surface area (Å²) in [5.74, 6) is 0.971. The molecule has 1 unspecified atom stereocenters. The molecule has 1 atom stereocenters. The molecule has 1 saturated heterocycles. The molecule has 0 aliphatic carbocycles. The summed E-state index contributed by atoms with van der Waals surface area (Å²) in [5.41, 5.74) is 0. The van der Waals surface area contributed by atoms with Gasteiger partial charge in [0.25, 0.3) is 0 Å². The third-order valence-corrected chi connectivity index (χ3v) is 5.88. The van der Waals surface area contributed by atoms with E-state index >= 15 is 0 Å². The maximum absolute atomic E-state index is 12.5. The van der Waals surface area contributed by atoms with Crippen molar-refractivity contribution in [2.45, 2.75) is 37.0 Å². The van der Waals surface area contributed by atoms with Gasteiger partial charge in [0.1, 0.15) is 16.2 Å². The number of fused-ring (bicyclic) bond motifs is 1. The van der Waals surface area contributed by atoms with E-state index in [1.807, 2.05) is 23.3 Å². The molecule has 1 aliphatic rings. The van der Waals surface area contributed by atoms with Crippen molar-refractivity contribution < 1.29 is 4.79 Å². The van der Waals surface area contributed by atoms with Crippen molar-refractivity contribution in [3.05, 3.63) is 17.8 Å². The van der Waals surface area contributed by atoms with Gasteiger partial charge in [0.2, 0.25) is 5.91 Å². The van der Waals surface area contributed by atoms with E-state index in [0.29, 0.717) is 0 Å². The molecule has 0 aromatic carbocycles. The summed E-state index contributed by atoms with van der Waals surface area (Å²) in [7, 11) is 0. The second-order valence-corrected chi connectivity index (χ2v) is 7.81. The summed E-state index contributed by atoms with van der Waals surface area (Å²) in [6, 6.07) is 2.03. The number of carbonyl (C=O) groups excluding carboxylic acids is 1. The molecular formula is C15H19N3OS2. The van der Waals surface area contributed by atoms with Gasteiger partial charge in [-0.15, -0.1) is 11.3 Å². The van der Waals surface area contributed by atoms with Gasteiger partial charge in [0.15, 0.2) is 0 Å². The first-order valence-corrected chi connectivity index (χ1v) is 9.04. The number of likely N-dealkylation sites (tertiary alicyclic amines) is 1. The molecule has 21 heavy (non-hydrogen) atoms. The molecule has 0 N–H and O–H groups in total. The van der Waals surface area contributed by atoms with Gasteiger partial charge in [-0.3, -0.25) is 4.79 Å². The number of thioether (sulfide) groups is 1. The van der Waals surface area contributed by atoms with Crippen molar-refractivity contribution in [1.82, 2.24) is 14.9 Å². The van der Waals surface area contributed by atoms with Crippen LogP contribution in [-0.2, 0) is 4.79 Å². The van der Waals surface area contributed by atoms with Gasteiger partial charge in [-0.1, -0.05) is 18.7 Å². The number of amides is 1. The zero-order valence-electron chi connectivity index (χ0n) is 12.3. The van der Waals surface area contributed by atoms with Crippen LogP contribution in [0.5, 0.6) is 0 Å². The highest BCUT2D eigenvalue weighted by atomic mass is 32.2. The third kappa shape index (κ3) is 3.21. The lowest BCUT2D eigenvalue weighted by molar-refractivity contribution is -0.131. The summed E-state index contributed by atoms with van der Waals surface area (Å²) < 4.78 is 0. The average molecular weight is 321 g/mol. The number of piperidine rings is 1. The van der Waals surface area contributed by atoms with Crippen LogP contribution in [0.25, 0.3) is 10.2 Å². The van der Waals surface area contributed by atoms with E-state index < -0.39 is 0 Å². The second-order valence-electron chi connectivity index (χ2n) is 5.59. The van der Waals surface area contributed by atoms with Crippen LogP contribution in [0.4, 0.5) is 0 Å². The molecule has 1 amide bonds. The van der Waals surface area contributed by atoms with E-state index in [0.717, 1.165) is 47.1 Å². The molecule has 0 bridgehead atoms. The average Bonchev–Trinajstić information content (AvgIpc) is 2.97. The molecule has 6 heteroatoms. The molecule has 112 valence electrons. The minimum Gasteiger partial charge on any atom is -0.342 e. The van der Waals surface area contributed by atoms with Crippen LogP contribution >= 0.6 is 23.1 Å². The van der Waals surface area contributed by atoms with Crippen LogP contribution in [0.1, 0.15) is 26.7 Å². The minimum absolute atomic E-state index is 0.101. The smallest absolute Gasteiger partial charge is 0.235 e. The molecule has 0 radical (unpaired) electrons. The Hall–Kier alpha value is -1.14. The van der Waals surface area contributed by atoms with Crippen molar-refractivity contribution >= 4 is 39.2 Å². The molecule has 0 spiro atoms. The zero-order chi connectivity index (χ0) is 14.8. The molecule has 2 aromatic rings. The molecule has 1 aliphatic heterocycles. The maximum Gasteiger partial charge on any atom is 0.235 e. The molecular weight excluding hydrogens is 302 g/mol. The molecule has 3 heterocycles. The second kappa shape index (κ2) is 6.32. The Morgan fingerprint density at radius 2 is 2.19 bits per heavy atom.